The number of carbonyl (C=O) groups is 2. The predicted octanol–water partition coefficient (Wildman–Crippen LogP) is 1.67. The van der Waals surface area contributed by atoms with Crippen LogP contribution >= 0.6 is 11.3 Å². The third-order valence-corrected chi connectivity index (χ3v) is 3.76. The highest BCUT2D eigenvalue weighted by molar-refractivity contribution is 7.12. The van der Waals surface area contributed by atoms with Gasteiger partial charge in [0, 0.05) is 6.61 Å². The minimum Gasteiger partial charge on any atom is -0.477 e. The number of carboxylic acid groups (broad SMARTS) is 1. The fourth-order valence-electron chi connectivity index (χ4n) is 1.74. The fraction of sp³-hybridized carbons (Fsp3) is 0.455. The SMILES string of the molecule is Cc1csc(C(=O)O)c1NC(=O)NC1CCOC1. The van der Waals surface area contributed by atoms with Crippen LogP contribution < -0.4 is 10.6 Å². The van der Waals surface area contributed by atoms with E-state index < -0.39 is 12.0 Å². The molecule has 98 valence electrons. The van der Waals surface area contributed by atoms with Gasteiger partial charge in [-0.05, 0) is 24.3 Å². The molecule has 18 heavy (non-hydrogen) atoms. The van der Waals surface area contributed by atoms with Gasteiger partial charge in [0.05, 0.1) is 18.3 Å². The van der Waals surface area contributed by atoms with E-state index in [9.17, 15) is 9.59 Å². The summed E-state index contributed by atoms with van der Waals surface area (Å²) in [5.74, 6) is -1.03. The van der Waals surface area contributed by atoms with Crippen molar-refractivity contribution in [1.82, 2.24) is 5.32 Å². The molecule has 2 rings (SSSR count). The summed E-state index contributed by atoms with van der Waals surface area (Å²) in [6.07, 6.45) is 0.780. The molecule has 0 bridgehead atoms. The highest BCUT2D eigenvalue weighted by Gasteiger charge is 2.21. The second-order valence-electron chi connectivity index (χ2n) is 4.09. The Balaban J connectivity index is 2.01. The lowest BCUT2D eigenvalue weighted by molar-refractivity contribution is 0.0703. The molecular weight excluding hydrogens is 256 g/mol. The molecule has 1 aromatic heterocycles. The Labute approximate surface area is 108 Å². The van der Waals surface area contributed by atoms with Crippen molar-refractivity contribution in [3.05, 3.63) is 15.8 Å². The predicted molar refractivity (Wildman–Crippen MR) is 67.4 cm³/mol. The zero-order chi connectivity index (χ0) is 13.1. The molecule has 2 heterocycles. The molecule has 0 radical (unpaired) electrons. The Kier molecular flexibility index (Phi) is 3.83. The Hall–Kier alpha value is -1.60. The van der Waals surface area contributed by atoms with Crippen LogP contribution in [0.5, 0.6) is 0 Å². The quantitative estimate of drug-likeness (QED) is 0.779. The maximum Gasteiger partial charge on any atom is 0.348 e. The third-order valence-electron chi connectivity index (χ3n) is 2.67. The van der Waals surface area contributed by atoms with Crippen LogP contribution in [0.2, 0.25) is 0 Å². The standard InChI is InChI=1S/C11H14N2O4S/c1-6-5-18-9(10(14)15)8(6)13-11(16)12-7-2-3-17-4-7/h5,7H,2-4H2,1H3,(H,14,15)(H2,12,13,16). The number of thiophene rings is 1. The zero-order valence-electron chi connectivity index (χ0n) is 9.86. The smallest absolute Gasteiger partial charge is 0.348 e. The van der Waals surface area contributed by atoms with Gasteiger partial charge in [-0.2, -0.15) is 0 Å². The second-order valence-corrected chi connectivity index (χ2v) is 4.97. The summed E-state index contributed by atoms with van der Waals surface area (Å²) in [5, 5.41) is 16.0. The van der Waals surface area contributed by atoms with Crippen molar-refractivity contribution in [2.75, 3.05) is 18.5 Å². The van der Waals surface area contributed by atoms with Crippen molar-refractivity contribution in [2.24, 2.45) is 0 Å². The highest BCUT2D eigenvalue weighted by Crippen LogP contribution is 2.27. The molecule has 1 unspecified atom stereocenters. The van der Waals surface area contributed by atoms with Gasteiger partial charge >= 0.3 is 12.0 Å². The number of hydrogen-bond acceptors (Lipinski definition) is 4. The lowest BCUT2D eigenvalue weighted by atomic mass is 10.2. The molecule has 6 nitrogen and oxygen atoms in total. The normalized spacial score (nSPS) is 18.6. The number of ether oxygens (including phenoxy) is 1. The minimum atomic E-state index is -1.03. The number of aromatic carboxylic acids is 1. The Bertz CT molecular complexity index is 466. The maximum atomic E-state index is 11.7. The molecular formula is C11H14N2O4S. The maximum absolute atomic E-state index is 11.7. The van der Waals surface area contributed by atoms with Gasteiger partial charge in [0.25, 0.3) is 0 Å². The van der Waals surface area contributed by atoms with Gasteiger partial charge in [-0.15, -0.1) is 11.3 Å². The van der Waals surface area contributed by atoms with Crippen molar-refractivity contribution >= 4 is 29.0 Å². The summed E-state index contributed by atoms with van der Waals surface area (Å²) in [7, 11) is 0. The van der Waals surface area contributed by atoms with E-state index in [1.807, 2.05) is 0 Å². The number of nitrogens with one attached hydrogen (secondary N) is 2. The lowest BCUT2D eigenvalue weighted by Crippen LogP contribution is -2.38. The average Bonchev–Trinajstić information content (AvgIpc) is 2.90. The van der Waals surface area contributed by atoms with E-state index in [0.717, 1.165) is 23.3 Å². The van der Waals surface area contributed by atoms with E-state index in [-0.39, 0.29) is 10.9 Å². The Morgan fingerprint density at radius 2 is 2.33 bits per heavy atom. The van der Waals surface area contributed by atoms with Crippen LogP contribution in [0.1, 0.15) is 21.7 Å². The van der Waals surface area contributed by atoms with E-state index in [4.69, 9.17) is 9.84 Å². The van der Waals surface area contributed by atoms with Crippen molar-refractivity contribution in [2.45, 2.75) is 19.4 Å². The van der Waals surface area contributed by atoms with Crippen LogP contribution in [-0.4, -0.2) is 36.4 Å². The number of carboxylic acids is 1. The number of rotatable bonds is 3. The third kappa shape index (κ3) is 2.80. The summed E-state index contributed by atoms with van der Waals surface area (Å²) in [4.78, 5) is 22.9. The van der Waals surface area contributed by atoms with Crippen molar-refractivity contribution < 1.29 is 19.4 Å². The Morgan fingerprint density at radius 3 is 2.94 bits per heavy atom. The summed E-state index contributed by atoms with van der Waals surface area (Å²) in [5.41, 5.74) is 1.11. The van der Waals surface area contributed by atoms with E-state index in [2.05, 4.69) is 10.6 Å². The summed E-state index contributed by atoms with van der Waals surface area (Å²) < 4.78 is 5.14. The van der Waals surface area contributed by atoms with E-state index >= 15 is 0 Å². The topological polar surface area (TPSA) is 87.7 Å². The number of aryl methyl sites for hydroxylation is 1. The first kappa shape index (κ1) is 12.8. The first-order valence-electron chi connectivity index (χ1n) is 5.54. The Morgan fingerprint density at radius 1 is 1.56 bits per heavy atom. The van der Waals surface area contributed by atoms with Crippen LogP contribution in [-0.2, 0) is 4.74 Å². The van der Waals surface area contributed by atoms with Gasteiger partial charge in [-0.1, -0.05) is 0 Å². The van der Waals surface area contributed by atoms with Gasteiger partial charge < -0.3 is 20.5 Å². The molecule has 0 saturated carbocycles. The number of carbonyl (C=O) groups excluding carboxylic acids is 1. The molecule has 1 atom stereocenters. The summed E-state index contributed by atoms with van der Waals surface area (Å²) in [6.45, 7) is 2.90. The molecule has 1 aromatic rings. The number of amides is 2. The fourth-order valence-corrected chi connectivity index (χ4v) is 2.58. The van der Waals surface area contributed by atoms with Gasteiger partial charge in [0.15, 0.2) is 0 Å². The van der Waals surface area contributed by atoms with Crippen LogP contribution in [0, 0.1) is 6.92 Å². The van der Waals surface area contributed by atoms with Crippen molar-refractivity contribution in [3.8, 4) is 0 Å². The highest BCUT2D eigenvalue weighted by atomic mass is 32.1. The monoisotopic (exact) mass is 270 g/mol. The van der Waals surface area contributed by atoms with Crippen molar-refractivity contribution in [3.63, 3.8) is 0 Å². The van der Waals surface area contributed by atoms with E-state index in [1.54, 1.807) is 12.3 Å². The molecule has 1 aliphatic heterocycles. The van der Waals surface area contributed by atoms with Gasteiger partial charge in [-0.25, -0.2) is 9.59 Å². The molecule has 0 spiro atoms. The zero-order valence-corrected chi connectivity index (χ0v) is 10.7. The van der Waals surface area contributed by atoms with Crippen LogP contribution in [0.25, 0.3) is 0 Å². The molecule has 1 fully saturated rings. The van der Waals surface area contributed by atoms with Gasteiger partial charge in [0.1, 0.15) is 4.88 Å². The van der Waals surface area contributed by atoms with Crippen LogP contribution in [0.15, 0.2) is 5.38 Å². The van der Waals surface area contributed by atoms with Crippen molar-refractivity contribution in [1.29, 1.82) is 0 Å². The molecule has 1 aliphatic rings. The first-order chi connectivity index (χ1) is 8.58. The summed E-state index contributed by atoms with van der Waals surface area (Å²) >= 11 is 1.10. The number of anilines is 1. The molecule has 1 saturated heterocycles. The van der Waals surface area contributed by atoms with Crippen LogP contribution in [0.4, 0.5) is 10.5 Å². The number of hydrogen-bond donors (Lipinski definition) is 3. The number of urea groups is 1. The van der Waals surface area contributed by atoms with Gasteiger partial charge in [-0.3, -0.25) is 0 Å². The lowest BCUT2D eigenvalue weighted by Gasteiger charge is -2.12. The minimum absolute atomic E-state index is 0.00257. The van der Waals surface area contributed by atoms with E-state index in [1.165, 1.54) is 0 Å². The summed E-state index contributed by atoms with van der Waals surface area (Å²) in [6, 6.07) is -0.397. The first-order valence-corrected chi connectivity index (χ1v) is 6.42. The average molecular weight is 270 g/mol. The largest absolute Gasteiger partial charge is 0.477 e. The molecule has 0 aromatic carbocycles. The molecule has 0 aliphatic carbocycles. The van der Waals surface area contributed by atoms with Gasteiger partial charge in [0.2, 0.25) is 0 Å². The van der Waals surface area contributed by atoms with Crippen LogP contribution in [0.3, 0.4) is 0 Å². The van der Waals surface area contributed by atoms with E-state index in [0.29, 0.717) is 18.9 Å². The molecule has 7 heteroatoms. The molecule has 3 N–H and O–H groups in total. The molecule has 2 amide bonds. The second kappa shape index (κ2) is 5.36.